The third-order valence-corrected chi connectivity index (χ3v) is 1.38. The molecule has 1 rings (SSSR count). The number of amides is 2. The normalized spacial score (nSPS) is 8.87. The summed E-state index contributed by atoms with van der Waals surface area (Å²) in [7, 11) is 1.37. The molecule has 0 aromatic heterocycles. The Labute approximate surface area is 86.1 Å². The number of ether oxygens (including phenoxy) is 1. The van der Waals surface area contributed by atoms with Gasteiger partial charge in [0.2, 0.25) is 0 Å². The van der Waals surface area contributed by atoms with E-state index in [1.54, 1.807) is 30.3 Å². The van der Waals surface area contributed by atoms with Crippen molar-refractivity contribution in [1.82, 2.24) is 10.8 Å². The lowest BCUT2D eigenvalue weighted by molar-refractivity contribution is 0.0857. The SMILES string of the molecule is CNC(=O)ONC(=O)Oc1ccccc1. The predicted molar refractivity (Wildman–Crippen MR) is 51.1 cm³/mol. The molecule has 6 heteroatoms. The molecule has 0 saturated carbocycles. The highest BCUT2D eigenvalue weighted by molar-refractivity contribution is 5.73. The minimum Gasteiger partial charge on any atom is -0.408 e. The summed E-state index contributed by atoms with van der Waals surface area (Å²) in [5.74, 6) is 0.357. The summed E-state index contributed by atoms with van der Waals surface area (Å²) in [5, 5.41) is 2.15. The minimum absolute atomic E-state index is 0.357. The Morgan fingerprint density at radius 3 is 2.40 bits per heavy atom. The largest absolute Gasteiger partial charge is 0.446 e. The number of carbonyl (C=O) groups excluding carboxylic acids is 2. The van der Waals surface area contributed by atoms with Gasteiger partial charge in [0.05, 0.1) is 0 Å². The van der Waals surface area contributed by atoms with Crippen LogP contribution in [-0.4, -0.2) is 19.2 Å². The van der Waals surface area contributed by atoms with E-state index < -0.39 is 12.2 Å². The molecule has 0 unspecified atom stereocenters. The molecule has 0 saturated heterocycles. The van der Waals surface area contributed by atoms with Crippen molar-refractivity contribution >= 4 is 12.2 Å². The van der Waals surface area contributed by atoms with Crippen molar-refractivity contribution in [3.05, 3.63) is 30.3 Å². The number of hydroxylamine groups is 1. The van der Waals surface area contributed by atoms with Crippen LogP contribution in [0.15, 0.2) is 30.3 Å². The second-order valence-electron chi connectivity index (χ2n) is 2.44. The summed E-state index contributed by atoms with van der Waals surface area (Å²) < 4.78 is 4.75. The highest BCUT2D eigenvalue weighted by Gasteiger charge is 2.06. The summed E-state index contributed by atoms with van der Waals surface area (Å²) in [4.78, 5) is 25.8. The summed E-state index contributed by atoms with van der Waals surface area (Å²) in [6.07, 6.45) is -1.65. The molecule has 80 valence electrons. The fourth-order valence-electron chi connectivity index (χ4n) is 0.755. The molecule has 0 spiro atoms. The molecular weight excluding hydrogens is 200 g/mol. The Kier molecular flexibility index (Phi) is 3.96. The molecule has 2 amide bonds. The van der Waals surface area contributed by atoms with E-state index in [0.717, 1.165) is 0 Å². The standard InChI is InChI=1S/C9H10N2O4/c1-10-8(12)15-11-9(13)14-7-5-3-2-4-6-7/h2-6H,1H3,(H,10,12)(H,11,13). The van der Waals surface area contributed by atoms with E-state index in [1.807, 2.05) is 5.48 Å². The van der Waals surface area contributed by atoms with Crippen LogP contribution in [-0.2, 0) is 4.84 Å². The highest BCUT2D eigenvalue weighted by Crippen LogP contribution is 2.07. The first-order valence-corrected chi connectivity index (χ1v) is 4.14. The lowest BCUT2D eigenvalue weighted by atomic mass is 10.3. The maximum absolute atomic E-state index is 11.0. The van der Waals surface area contributed by atoms with Crippen molar-refractivity contribution in [3.8, 4) is 5.75 Å². The Morgan fingerprint density at radius 2 is 1.80 bits per heavy atom. The molecule has 1 aromatic rings. The number of nitrogens with one attached hydrogen (secondary N) is 2. The molecule has 0 aliphatic heterocycles. The fourth-order valence-corrected chi connectivity index (χ4v) is 0.755. The fraction of sp³-hybridized carbons (Fsp3) is 0.111. The molecule has 0 aliphatic rings. The van der Waals surface area contributed by atoms with Gasteiger partial charge in [0.15, 0.2) is 0 Å². The van der Waals surface area contributed by atoms with E-state index in [4.69, 9.17) is 4.74 Å². The number of para-hydroxylation sites is 1. The van der Waals surface area contributed by atoms with E-state index in [0.29, 0.717) is 5.75 Å². The number of hydrogen-bond donors (Lipinski definition) is 2. The first kappa shape index (κ1) is 10.8. The van der Waals surface area contributed by atoms with Crippen LogP contribution in [0.4, 0.5) is 9.59 Å². The Balaban J connectivity index is 2.34. The third kappa shape index (κ3) is 3.99. The van der Waals surface area contributed by atoms with Gasteiger partial charge in [0.1, 0.15) is 5.75 Å². The molecule has 15 heavy (non-hydrogen) atoms. The number of hydrogen-bond acceptors (Lipinski definition) is 4. The zero-order chi connectivity index (χ0) is 11.1. The zero-order valence-electron chi connectivity index (χ0n) is 8.02. The van der Waals surface area contributed by atoms with Gasteiger partial charge in [-0.2, -0.15) is 0 Å². The molecule has 1 aromatic carbocycles. The van der Waals surface area contributed by atoms with E-state index in [-0.39, 0.29) is 0 Å². The van der Waals surface area contributed by atoms with Crippen molar-refractivity contribution in [1.29, 1.82) is 0 Å². The monoisotopic (exact) mass is 210 g/mol. The van der Waals surface area contributed by atoms with E-state index >= 15 is 0 Å². The Morgan fingerprint density at radius 1 is 1.13 bits per heavy atom. The van der Waals surface area contributed by atoms with Gasteiger partial charge in [-0.05, 0) is 12.1 Å². The molecule has 2 N–H and O–H groups in total. The molecule has 0 radical (unpaired) electrons. The lowest BCUT2D eigenvalue weighted by Gasteiger charge is -2.05. The van der Waals surface area contributed by atoms with E-state index in [1.165, 1.54) is 7.05 Å². The number of benzene rings is 1. The molecule has 0 fully saturated rings. The highest BCUT2D eigenvalue weighted by atomic mass is 16.7. The average molecular weight is 210 g/mol. The molecule has 0 heterocycles. The lowest BCUT2D eigenvalue weighted by Crippen LogP contribution is -2.33. The van der Waals surface area contributed by atoms with Crippen molar-refractivity contribution in [2.75, 3.05) is 7.05 Å². The number of carbonyl (C=O) groups is 2. The van der Waals surface area contributed by atoms with Gasteiger partial charge in [0, 0.05) is 7.05 Å². The maximum atomic E-state index is 11.0. The molecule has 0 bridgehead atoms. The quantitative estimate of drug-likeness (QED) is 0.679. The van der Waals surface area contributed by atoms with E-state index in [9.17, 15) is 9.59 Å². The van der Waals surface area contributed by atoms with Crippen LogP contribution >= 0.6 is 0 Å². The van der Waals surface area contributed by atoms with Gasteiger partial charge >= 0.3 is 12.2 Å². The smallest absolute Gasteiger partial charge is 0.408 e. The van der Waals surface area contributed by atoms with Crippen LogP contribution in [0.25, 0.3) is 0 Å². The van der Waals surface area contributed by atoms with Gasteiger partial charge in [-0.25, -0.2) is 9.59 Å². The third-order valence-electron chi connectivity index (χ3n) is 1.38. The van der Waals surface area contributed by atoms with Crippen molar-refractivity contribution in [2.24, 2.45) is 0 Å². The zero-order valence-corrected chi connectivity index (χ0v) is 8.02. The second kappa shape index (κ2) is 5.48. The van der Waals surface area contributed by atoms with Crippen molar-refractivity contribution < 1.29 is 19.2 Å². The first-order chi connectivity index (χ1) is 7.22. The van der Waals surface area contributed by atoms with Crippen LogP contribution in [0.2, 0.25) is 0 Å². The topological polar surface area (TPSA) is 76.7 Å². The van der Waals surface area contributed by atoms with Crippen LogP contribution in [0, 0.1) is 0 Å². The first-order valence-electron chi connectivity index (χ1n) is 4.14. The van der Waals surface area contributed by atoms with Gasteiger partial charge in [-0.1, -0.05) is 18.2 Å². The molecular formula is C9H10N2O4. The average Bonchev–Trinajstić information content (AvgIpc) is 2.27. The van der Waals surface area contributed by atoms with Gasteiger partial charge < -0.3 is 14.9 Å². The summed E-state index contributed by atoms with van der Waals surface area (Å²) in [6.45, 7) is 0. The predicted octanol–water partition coefficient (Wildman–Crippen LogP) is 1.05. The summed E-state index contributed by atoms with van der Waals surface area (Å²) >= 11 is 0. The van der Waals surface area contributed by atoms with Crippen LogP contribution in [0.3, 0.4) is 0 Å². The van der Waals surface area contributed by atoms with Crippen LogP contribution in [0.5, 0.6) is 5.75 Å². The van der Waals surface area contributed by atoms with Gasteiger partial charge in [-0.15, -0.1) is 5.48 Å². The molecule has 0 aliphatic carbocycles. The number of rotatable bonds is 1. The van der Waals surface area contributed by atoms with Crippen molar-refractivity contribution in [3.63, 3.8) is 0 Å². The second-order valence-corrected chi connectivity index (χ2v) is 2.44. The Bertz CT molecular complexity index is 339. The summed E-state index contributed by atoms with van der Waals surface area (Å²) in [5.41, 5.74) is 1.81. The van der Waals surface area contributed by atoms with Crippen LogP contribution < -0.4 is 15.5 Å². The molecule has 6 nitrogen and oxygen atoms in total. The Hall–Kier alpha value is -2.24. The molecule has 0 atom stereocenters. The summed E-state index contributed by atoms with van der Waals surface area (Å²) in [6, 6.07) is 8.40. The van der Waals surface area contributed by atoms with Gasteiger partial charge in [-0.3, -0.25) is 0 Å². The minimum atomic E-state index is -0.871. The van der Waals surface area contributed by atoms with Gasteiger partial charge in [0.25, 0.3) is 0 Å². The van der Waals surface area contributed by atoms with Crippen molar-refractivity contribution in [2.45, 2.75) is 0 Å². The van der Waals surface area contributed by atoms with Crippen LogP contribution in [0.1, 0.15) is 0 Å². The maximum Gasteiger partial charge on any atom is 0.446 e. The van der Waals surface area contributed by atoms with E-state index in [2.05, 4.69) is 10.2 Å².